The number of ether oxygens (including phenoxy) is 1. The van der Waals surface area contributed by atoms with Gasteiger partial charge in [-0.2, -0.15) is 0 Å². The van der Waals surface area contributed by atoms with Crippen molar-refractivity contribution in [1.82, 2.24) is 4.98 Å². The van der Waals surface area contributed by atoms with Crippen LogP contribution < -0.4 is 11.1 Å². The van der Waals surface area contributed by atoms with Crippen LogP contribution in [-0.2, 0) is 4.74 Å². The van der Waals surface area contributed by atoms with Gasteiger partial charge < -0.3 is 15.8 Å². The summed E-state index contributed by atoms with van der Waals surface area (Å²) in [6.45, 7) is 9.72. The van der Waals surface area contributed by atoms with Crippen LogP contribution in [0, 0.1) is 6.92 Å². The number of benzene rings is 1. The Hall–Kier alpha value is -2.07. The topological polar surface area (TPSA) is 60.2 Å². The molecule has 2 aromatic rings. The minimum Gasteiger partial charge on any atom is -0.398 e. The molecule has 0 unspecified atom stereocenters. The van der Waals surface area contributed by atoms with Gasteiger partial charge in [0.25, 0.3) is 0 Å². The minimum atomic E-state index is 0.604. The lowest BCUT2D eigenvalue weighted by molar-refractivity contribution is 0.167. The Morgan fingerprint density at radius 1 is 1.40 bits per heavy atom. The fourth-order valence-electron chi connectivity index (χ4n) is 2.02. The second-order valence-electron chi connectivity index (χ2n) is 5.01. The molecular weight excluding hydrogens is 250 g/mol. The number of anilines is 2. The molecule has 0 radical (unpaired) electrons. The zero-order valence-corrected chi connectivity index (χ0v) is 12.1. The van der Waals surface area contributed by atoms with Gasteiger partial charge in [-0.3, -0.25) is 4.98 Å². The highest BCUT2D eigenvalue weighted by atomic mass is 16.5. The van der Waals surface area contributed by atoms with Crippen LogP contribution in [0.1, 0.15) is 12.6 Å². The average molecular weight is 271 g/mol. The molecule has 20 heavy (non-hydrogen) atoms. The molecule has 0 saturated heterocycles. The number of hydrogen-bond donors (Lipinski definition) is 2. The maximum atomic E-state index is 5.98. The molecule has 0 aliphatic carbocycles. The Morgan fingerprint density at radius 2 is 2.20 bits per heavy atom. The van der Waals surface area contributed by atoms with Crippen molar-refractivity contribution in [2.75, 3.05) is 30.8 Å². The third kappa shape index (κ3) is 3.48. The zero-order valence-electron chi connectivity index (χ0n) is 12.1. The summed E-state index contributed by atoms with van der Waals surface area (Å²) in [5.74, 6) is 0. The molecule has 3 N–H and O–H groups in total. The Morgan fingerprint density at radius 3 is 2.95 bits per heavy atom. The zero-order chi connectivity index (χ0) is 14.5. The third-order valence-corrected chi connectivity index (χ3v) is 2.98. The van der Waals surface area contributed by atoms with E-state index in [4.69, 9.17) is 10.5 Å². The molecule has 1 aromatic heterocycles. The van der Waals surface area contributed by atoms with Crippen LogP contribution in [0.2, 0.25) is 0 Å². The van der Waals surface area contributed by atoms with Gasteiger partial charge in [0.1, 0.15) is 0 Å². The molecule has 4 nitrogen and oxygen atoms in total. The first-order valence-corrected chi connectivity index (χ1v) is 6.69. The van der Waals surface area contributed by atoms with Crippen LogP contribution in [0.5, 0.6) is 0 Å². The number of nitrogens with zero attached hydrogens (tertiary/aromatic N) is 1. The number of nitrogen functional groups attached to an aromatic ring is 1. The van der Waals surface area contributed by atoms with Gasteiger partial charge in [-0.05, 0) is 32.0 Å². The van der Waals surface area contributed by atoms with E-state index in [0.29, 0.717) is 13.2 Å². The molecule has 0 fully saturated rings. The Kier molecular flexibility index (Phi) is 4.58. The molecule has 0 bridgehead atoms. The largest absolute Gasteiger partial charge is 0.398 e. The third-order valence-electron chi connectivity index (χ3n) is 2.98. The number of aromatic nitrogens is 1. The molecule has 0 aliphatic rings. The summed E-state index contributed by atoms with van der Waals surface area (Å²) in [7, 11) is 0. The first kappa shape index (κ1) is 14.3. The molecule has 1 aromatic carbocycles. The lowest BCUT2D eigenvalue weighted by atomic mass is 10.1. The van der Waals surface area contributed by atoms with Crippen LogP contribution in [0.3, 0.4) is 0 Å². The Bertz CT molecular complexity index is 622. The molecule has 106 valence electrons. The SMILES string of the molecule is C=C(C)COCCNc1ccc(N)c2cnc(C)cc12. The standard InChI is InChI=1S/C16H21N3O/c1-11(2)10-20-7-6-18-16-5-4-15(17)14-9-19-12(3)8-13(14)16/h4-5,8-9,18H,1,6-7,10,17H2,2-3H3. The van der Waals surface area contributed by atoms with E-state index in [-0.39, 0.29) is 0 Å². The lowest BCUT2D eigenvalue weighted by Crippen LogP contribution is -2.10. The molecule has 1 heterocycles. The van der Waals surface area contributed by atoms with Crippen molar-refractivity contribution < 1.29 is 4.74 Å². The fourth-order valence-corrected chi connectivity index (χ4v) is 2.02. The van der Waals surface area contributed by atoms with Gasteiger partial charge in [0, 0.05) is 40.6 Å². The number of fused-ring (bicyclic) bond motifs is 1. The number of pyridine rings is 1. The Labute approximate surface area is 119 Å². The summed E-state index contributed by atoms with van der Waals surface area (Å²) in [5.41, 5.74) is 9.79. The van der Waals surface area contributed by atoms with Crippen molar-refractivity contribution in [2.24, 2.45) is 0 Å². The van der Waals surface area contributed by atoms with Crippen LogP contribution >= 0.6 is 0 Å². The van der Waals surface area contributed by atoms with E-state index in [0.717, 1.165) is 40.0 Å². The summed E-state index contributed by atoms with van der Waals surface area (Å²) >= 11 is 0. The lowest BCUT2D eigenvalue weighted by Gasteiger charge is -2.12. The predicted molar refractivity (Wildman–Crippen MR) is 85.0 cm³/mol. The minimum absolute atomic E-state index is 0.604. The van der Waals surface area contributed by atoms with Crippen molar-refractivity contribution in [3.8, 4) is 0 Å². The van der Waals surface area contributed by atoms with E-state index >= 15 is 0 Å². The van der Waals surface area contributed by atoms with Crippen LogP contribution in [-0.4, -0.2) is 24.7 Å². The number of hydrogen-bond acceptors (Lipinski definition) is 4. The summed E-state index contributed by atoms with van der Waals surface area (Å²) in [6, 6.07) is 5.94. The molecule has 0 amide bonds. The summed E-state index contributed by atoms with van der Waals surface area (Å²) < 4.78 is 5.48. The van der Waals surface area contributed by atoms with Gasteiger partial charge >= 0.3 is 0 Å². The fraction of sp³-hybridized carbons (Fsp3) is 0.312. The van der Waals surface area contributed by atoms with E-state index in [1.807, 2.05) is 38.2 Å². The van der Waals surface area contributed by atoms with Gasteiger partial charge in [0.05, 0.1) is 13.2 Å². The first-order valence-electron chi connectivity index (χ1n) is 6.69. The van der Waals surface area contributed by atoms with Crippen molar-refractivity contribution >= 4 is 22.1 Å². The molecular formula is C16H21N3O. The predicted octanol–water partition coefficient (Wildman–Crippen LogP) is 3.13. The second kappa shape index (κ2) is 6.39. The molecule has 0 spiro atoms. The van der Waals surface area contributed by atoms with E-state index in [1.165, 1.54) is 0 Å². The van der Waals surface area contributed by atoms with Crippen LogP contribution in [0.15, 0.2) is 36.5 Å². The van der Waals surface area contributed by atoms with Gasteiger partial charge in [0.2, 0.25) is 0 Å². The molecule has 0 aliphatic heterocycles. The quantitative estimate of drug-likeness (QED) is 0.481. The smallest absolute Gasteiger partial charge is 0.0672 e. The Balaban J connectivity index is 2.08. The molecule has 2 rings (SSSR count). The van der Waals surface area contributed by atoms with Crippen LogP contribution in [0.4, 0.5) is 11.4 Å². The average Bonchev–Trinajstić information content (AvgIpc) is 2.40. The van der Waals surface area contributed by atoms with E-state index in [2.05, 4.69) is 16.9 Å². The number of aryl methyl sites for hydroxylation is 1. The van der Waals surface area contributed by atoms with E-state index in [1.54, 1.807) is 0 Å². The maximum absolute atomic E-state index is 5.98. The number of rotatable bonds is 6. The summed E-state index contributed by atoms with van der Waals surface area (Å²) in [6.07, 6.45) is 1.82. The van der Waals surface area contributed by atoms with Crippen molar-refractivity contribution in [3.05, 3.63) is 42.2 Å². The normalized spacial score (nSPS) is 10.7. The summed E-state index contributed by atoms with van der Waals surface area (Å²) in [5, 5.41) is 5.45. The van der Waals surface area contributed by atoms with Crippen LogP contribution in [0.25, 0.3) is 10.8 Å². The van der Waals surface area contributed by atoms with E-state index in [9.17, 15) is 0 Å². The number of nitrogens with one attached hydrogen (secondary N) is 1. The number of nitrogens with two attached hydrogens (primary N) is 1. The second-order valence-corrected chi connectivity index (χ2v) is 5.01. The molecule has 4 heteroatoms. The highest BCUT2D eigenvalue weighted by molar-refractivity contribution is 6.00. The highest BCUT2D eigenvalue weighted by Gasteiger charge is 2.04. The van der Waals surface area contributed by atoms with Crippen molar-refractivity contribution in [1.29, 1.82) is 0 Å². The summed E-state index contributed by atoms with van der Waals surface area (Å²) in [4.78, 5) is 4.30. The van der Waals surface area contributed by atoms with Gasteiger partial charge in [0.15, 0.2) is 0 Å². The maximum Gasteiger partial charge on any atom is 0.0672 e. The van der Waals surface area contributed by atoms with Crippen molar-refractivity contribution in [2.45, 2.75) is 13.8 Å². The molecule has 0 atom stereocenters. The monoisotopic (exact) mass is 271 g/mol. The highest BCUT2D eigenvalue weighted by Crippen LogP contribution is 2.28. The van der Waals surface area contributed by atoms with Gasteiger partial charge in [-0.25, -0.2) is 0 Å². The van der Waals surface area contributed by atoms with Gasteiger partial charge in [-0.1, -0.05) is 12.2 Å². The first-order chi connectivity index (χ1) is 9.58. The van der Waals surface area contributed by atoms with E-state index < -0.39 is 0 Å². The van der Waals surface area contributed by atoms with Gasteiger partial charge in [-0.15, -0.1) is 0 Å². The van der Waals surface area contributed by atoms with Crippen molar-refractivity contribution in [3.63, 3.8) is 0 Å². The molecule has 0 saturated carbocycles.